The number of nitrogens with one attached hydrogen (secondary N) is 1. The fraction of sp³-hybridized carbons (Fsp3) is 0.839. The van der Waals surface area contributed by atoms with E-state index in [1.807, 2.05) is 0 Å². The Hall–Kier alpha value is -1.22. The van der Waals surface area contributed by atoms with E-state index in [1.165, 1.54) is 63.9 Å². The predicted octanol–water partition coefficient (Wildman–Crippen LogP) is 7.04. The van der Waals surface area contributed by atoms with Crippen molar-refractivity contribution in [2.75, 3.05) is 5.75 Å². The Morgan fingerprint density at radius 1 is 0.692 bits per heavy atom. The molecule has 3 atom stereocenters. The first kappa shape index (κ1) is 37.8. The normalized spacial score (nSPS) is 14.7. The smallest absolute Gasteiger partial charge is 0.267 e. The summed E-state index contributed by atoms with van der Waals surface area (Å²) in [6.45, 7) is 4.34. The van der Waals surface area contributed by atoms with Crippen LogP contribution >= 0.6 is 0 Å². The van der Waals surface area contributed by atoms with Crippen LogP contribution in [0, 0.1) is 0 Å². The van der Waals surface area contributed by atoms with E-state index in [4.69, 9.17) is 0 Å². The van der Waals surface area contributed by atoms with Gasteiger partial charge in [-0.3, -0.25) is 9.35 Å². The van der Waals surface area contributed by atoms with Crippen LogP contribution in [0.1, 0.15) is 142 Å². The second-order valence-electron chi connectivity index (χ2n) is 10.9. The summed E-state index contributed by atoms with van der Waals surface area (Å²) in [5.41, 5.74) is 0. The third-order valence-corrected chi connectivity index (χ3v) is 7.76. The SMILES string of the molecule is CCCCC/C=C/C(O)C(CS(=O)(=O)O)NC(=O)C(O)CCCCCC/C=C\CCCCCCCCCCC. The van der Waals surface area contributed by atoms with Crippen molar-refractivity contribution in [2.24, 2.45) is 0 Å². The van der Waals surface area contributed by atoms with E-state index in [0.29, 0.717) is 6.42 Å². The molecule has 0 saturated carbocycles. The van der Waals surface area contributed by atoms with E-state index in [2.05, 4.69) is 31.3 Å². The van der Waals surface area contributed by atoms with Gasteiger partial charge in [0.25, 0.3) is 10.1 Å². The third-order valence-electron chi connectivity index (χ3n) is 6.98. The minimum Gasteiger partial charge on any atom is -0.387 e. The summed E-state index contributed by atoms with van der Waals surface area (Å²) < 4.78 is 31.9. The van der Waals surface area contributed by atoms with Crippen LogP contribution in [0.2, 0.25) is 0 Å². The molecule has 0 saturated heterocycles. The molecule has 3 unspecified atom stereocenters. The number of aliphatic hydroxyl groups excluding tert-OH is 2. The van der Waals surface area contributed by atoms with Gasteiger partial charge in [-0.1, -0.05) is 122 Å². The Morgan fingerprint density at radius 2 is 1.13 bits per heavy atom. The van der Waals surface area contributed by atoms with Gasteiger partial charge in [-0.2, -0.15) is 8.42 Å². The zero-order chi connectivity index (χ0) is 29.2. The van der Waals surface area contributed by atoms with E-state index in [-0.39, 0.29) is 6.42 Å². The number of allylic oxidation sites excluding steroid dienone is 3. The van der Waals surface area contributed by atoms with Gasteiger partial charge in [-0.05, 0) is 44.9 Å². The lowest BCUT2D eigenvalue weighted by Crippen LogP contribution is -2.50. The first-order valence-electron chi connectivity index (χ1n) is 15.6. The Morgan fingerprint density at radius 3 is 1.67 bits per heavy atom. The monoisotopic (exact) mass is 573 g/mol. The molecule has 0 aliphatic carbocycles. The van der Waals surface area contributed by atoms with Crippen LogP contribution in [-0.2, 0) is 14.9 Å². The van der Waals surface area contributed by atoms with E-state index in [9.17, 15) is 28.0 Å². The highest BCUT2D eigenvalue weighted by Crippen LogP contribution is 2.12. The van der Waals surface area contributed by atoms with Crippen LogP contribution in [0.25, 0.3) is 0 Å². The first-order valence-corrected chi connectivity index (χ1v) is 17.3. The molecule has 8 heteroatoms. The zero-order valence-corrected chi connectivity index (χ0v) is 25.7. The summed E-state index contributed by atoms with van der Waals surface area (Å²) in [5.74, 6) is -1.56. The second kappa shape index (κ2) is 25.7. The van der Waals surface area contributed by atoms with Crippen LogP contribution in [0.5, 0.6) is 0 Å². The number of carbonyl (C=O) groups excluding carboxylic acids is 1. The maximum Gasteiger partial charge on any atom is 0.267 e. The molecular formula is C31H59NO6S. The molecule has 39 heavy (non-hydrogen) atoms. The largest absolute Gasteiger partial charge is 0.387 e. The van der Waals surface area contributed by atoms with Crippen molar-refractivity contribution in [3.8, 4) is 0 Å². The summed E-state index contributed by atoms with van der Waals surface area (Å²) in [4.78, 5) is 12.4. The van der Waals surface area contributed by atoms with Crippen molar-refractivity contribution in [1.82, 2.24) is 5.32 Å². The average Bonchev–Trinajstić information content (AvgIpc) is 2.88. The van der Waals surface area contributed by atoms with Crippen LogP contribution < -0.4 is 5.32 Å². The fourth-order valence-corrected chi connectivity index (χ4v) is 5.24. The van der Waals surface area contributed by atoms with Gasteiger partial charge in [-0.15, -0.1) is 0 Å². The van der Waals surface area contributed by atoms with Gasteiger partial charge in [-0.25, -0.2) is 0 Å². The molecule has 0 aromatic carbocycles. The Labute approximate surface area is 239 Å². The third kappa shape index (κ3) is 25.5. The van der Waals surface area contributed by atoms with E-state index in [1.54, 1.807) is 6.08 Å². The van der Waals surface area contributed by atoms with Gasteiger partial charge in [0.1, 0.15) is 6.10 Å². The molecule has 0 spiro atoms. The fourth-order valence-electron chi connectivity index (χ4n) is 4.51. The summed E-state index contributed by atoms with van der Waals surface area (Å²) in [5, 5.41) is 22.9. The van der Waals surface area contributed by atoms with E-state index >= 15 is 0 Å². The number of amides is 1. The molecule has 0 aromatic heterocycles. The average molecular weight is 574 g/mol. The zero-order valence-electron chi connectivity index (χ0n) is 24.9. The molecule has 7 nitrogen and oxygen atoms in total. The summed E-state index contributed by atoms with van der Waals surface area (Å²) in [6, 6.07) is -1.23. The number of hydrogen-bond donors (Lipinski definition) is 4. The van der Waals surface area contributed by atoms with Gasteiger partial charge in [0, 0.05) is 0 Å². The molecule has 0 heterocycles. The maximum atomic E-state index is 12.4. The summed E-state index contributed by atoms with van der Waals surface area (Å²) in [6.07, 6.45) is 27.2. The van der Waals surface area contributed by atoms with Crippen LogP contribution in [0.3, 0.4) is 0 Å². The quantitative estimate of drug-likeness (QED) is 0.0475. The van der Waals surface area contributed by atoms with E-state index in [0.717, 1.165) is 57.8 Å². The molecule has 0 radical (unpaired) electrons. The van der Waals surface area contributed by atoms with Gasteiger partial charge in [0.05, 0.1) is 17.9 Å². The number of hydrogen-bond acceptors (Lipinski definition) is 5. The molecule has 0 aliphatic heterocycles. The Balaban J connectivity index is 4.03. The minimum absolute atomic E-state index is 0.266. The van der Waals surface area contributed by atoms with Crippen LogP contribution in [0.4, 0.5) is 0 Å². The molecule has 0 aromatic rings. The highest BCUT2D eigenvalue weighted by atomic mass is 32.2. The second-order valence-corrected chi connectivity index (χ2v) is 12.4. The summed E-state index contributed by atoms with van der Waals surface area (Å²) >= 11 is 0. The lowest BCUT2D eigenvalue weighted by Gasteiger charge is -2.22. The highest BCUT2D eigenvalue weighted by molar-refractivity contribution is 7.85. The molecule has 0 bridgehead atoms. The maximum absolute atomic E-state index is 12.4. The Bertz CT molecular complexity index is 737. The number of rotatable bonds is 27. The number of aliphatic hydroxyl groups is 2. The molecule has 0 aliphatic rings. The molecule has 0 fully saturated rings. The minimum atomic E-state index is -4.42. The topological polar surface area (TPSA) is 124 Å². The van der Waals surface area contributed by atoms with E-state index < -0.39 is 40.0 Å². The van der Waals surface area contributed by atoms with Gasteiger partial charge in [0.2, 0.25) is 5.91 Å². The molecule has 4 N–H and O–H groups in total. The Kier molecular flexibility index (Phi) is 24.9. The molecule has 230 valence electrons. The summed E-state index contributed by atoms with van der Waals surface area (Å²) in [7, 11) is -4.42. The number of unbranched alkanes of at least 4 members (excludes halogenated alkanes) is 16. The molecular weight excluding hydrogens is 514 g/mol. The molecule has 1 amide bonds. The predicted molar refractivity (Wildman–Crippen MR) is 162 cm³/mol. The lowest BCUT2D eigenvalue weighted by molar-refractivity contribution is -0.130. The van der Waals surface area contributed by atoms with Crippen molar-refractivity contribution in [1.29, 1.82) is 0 Å². The van der Waals surface area contributed by atoms with Crippen molar-refractivity contribution < 1.29 is 28.0 Å². The van der Waals surface area contributed by atoms with Crippen molar-refractivity contribution in [3.05, 3.63) is 24.3 Å². The van der Waals surface area contributed by atoms with Gasteiger partial charge >= 0.3 is 0 Å². The molecule has 0 rings (SSSR count). The van der Waals surface area contributed by atoms with Crippen molar-refractivity contribution in [2.45, 2.75) is 161 Å². The first-order chi connectivity index (χ1) is 18.7. The number of carbonyl (C=O) groups is 1. The van der Waals surface area contributed by atoms with Gasteiger partial charge < -0.3 is 15.5 Å². The van der Waals surface area contributed by atoms with Crippen molar-refractivity contribution in [3.63, 3.8) is 0 Å². The lowest BCUT2D eigenvalue weighted by atomic mass is 10.1. The standard InChI is InChI=1S/C31H59NO6S/c1-3-5-7-9-10-11-12-13-14-15-16-17-18-19-20-22-24-26-30(34)31(35)32-28(27-39(36,37)38)29(33)25-23-21-8-6-4-2/h16-17,23,25,28-30,33-34H,3-15,18-22,24,26-27H2,1-2H3,(H,32,35)(H,36,37,38)/b17-16-,25-23+. The van der Waals surface area contributed by atoms with Crippen LogP contribution in [-0.4, -0.2) is 53.1 Å². The highest BCUT2D eigenvalue weighted by Gasteiger charge is 2.27. The van der Waals surface area contributed by atoms with Gasteiger partial charge in [0.15, 0.2) is 0 Å². The van der Waals surface area contributed by atoms with Crippen LogP contribution in [0.15, 0.2) is 24.3 Å². The van der Waals surface area contributed by atoms with Crippen molar-refractivity contribution >= 4 is 16.0 Å².